The molecule has 0 unspecified atom stereocenters. The van der Waals surface area contributed by atoms with Gasteiger partial charge in [-0.15, -0.1) is 0 Å². The molecule has 1 atom stereocenters. The first-order valence-electron chi connectivity index (χ1n) is 10.3. The Kier molecular flexibility index (Phi) is 7.73. The fraction of sp³-hybridized carbons (Fsp3) is 0.261. The molecule has 172 valence electrons. The van der Waals surface area contributed by atoms with E-state index in [9.17, 15) is 19.5 Å². The Morgan fingerprint density at radius 3 is 2.52 bits per heavy atom. The molecule has 1 heterocycles. The fourth-order valence-electron chi connectivity index (χ4n) is 3.42. The molecule has 33 heavy (non-hydrogen) atoms. The molecule has 1 amide bonds. The first-order valence-corrected chi connectivity index (χ1v) is 10.8. The van der Waals surface area contributed by atoms with Crippen molar-refractivity contribution in [2.24, 2.45) is 0 Å². The van der Waals surface area contributed by atoms with Crippen LogP contribution in [0.4, 0.5) is 5.69 Å². The third-order valence-electron chi connectivity index (χ3n) is 5.22. The van der Waals surface area contributed by atoms with Crippen LogP contribution in [0.15, 0.2) is 48.8 Å². The molecule has 0 saturated heterocycles. The molecule has 0 aliphatic heterocycles. The Balaban J connectivity index is 1.71. The number of carbonyl (C=O) groups is 3. The fourth-order valence-corrected chi connectivity index (χ4v) is 3.64. The lowest BCUT2D eigenvalue weighted by Crippen LogP contribution is -2.41. The zero-order valence-electron chi connectivity index (χ0n) is 17.9. The second-order valence-electron chi connectivity index (χ2n) is 7.45. The summed E-state index contributed by atoms with van der Waals surface area (Å²) in [7, 11) is 0. The van der Waals surface area contributed by atoms with E-state index in [2.05, 4.69) is 20.2 Å². The molecule has 1 aromatic heterocycles. The van der Waals surface area contributed by atoms with Crippen molar-refractivity contribution in [1.29, 1.82) is 0 Å². The second-order valence-corrected chi connectivity index (χ2v) is 7.83. The van der Waals surface area contributed by atoms with E-state index in [1.165, 1.54) is 0 Å². The first kappa shape index (κ1) is 23.9. The van der Waals surface area contributed by atoms with E-state index in [4.69, 9.17) is 17.3 Å². The van der Waals surface area contributed by atoms with Crippen LogP contribution >= 0.6 is 12.2 Å². The van der Waals surface area contributed by atoms with Gasteiger partial charge in [0.05, 0.1) is 6.33 Å². The molecule has 0 aliphatic rings. The molecule has 3 rings (SSSR count). The highest BCUT2D eigenvalue weighted by Gasteiger charge is 2.21. The van der Waals surface area contributed by atoms with Crippen LogP contribution in [0.3, 0.4) is 0 Å². The van der Waals surface area contributed by atoms with Gasteiger partial charge in [0.2, 0.25) is 0 Å². The van der Waals surface area contributed by atoms with E-state index in [0.717, 1.165) is 28.7 Å². The van der Waals surface area contributed by atoms with Crippen LogP contribution in [0.2, 0.25) is 0 Å². The summed E-state index contributed by atoms with van der Waals surface area (Å²) in [4.78, 5) is 43.8. The molecule has 0 radical (unpaired) electrons. The first-order chi connectivity index (χ1) is 15.8. The third-order valence-corrected chi connectivity index (χ3v) is 5.54. The van der Waals surface area contributed by atoms with Crippen LogP contribution in [0, 0.1) is 4.64 Å². The number of carbonyl (C=O) groups excluding carboxylic acids is 1. The molecular formula is C23H24N4O5S. The third kappa shape index (κ3) is 6.13. The minimum Gasteiger partial charge on any atom is -0.481 e. The maximum atomic E-state index is 12.4. The quantitative estimate of drug-likeness (QED) is 0.333. The minimum absolute atomic E-state index is 0.191. The highest BCUT2D eigenvalue weighted by atomic mass is 32.1. The van der Waals surface area contributed by atoms with Gasteiger partial charge in [0.25, 0.3) is 5.91 Å². The molecule has 0 bridgehead atoms. The Hall–Kier alpha value is -3.79. The highest BCUT2D eigenvalue weighted by Crippen LogP contribution is 2.21. The second kappa shape index (κ2) is 10.7. The molecular weight excluding hydrogens is 444 g/mol. The van der Waals surface area contributed by atoms with Crippen molar-refractivity contribution in [2.75, 3.05) is 11.4 Å². The average Bonchev–Trinajstić information content (AvgIpc) is 2.80. The number of rotatable bonds is 10. The van der Waals surface area contributed by atoms with Gasteiger partial charge in [-0.05, 0) is 55.3 Å². The van der Waals surface area contributed by atoms with E-state index >= 15 is 0 Å². The lowest BCUT2D eigenvalue weighted by atomic mass is 10.1. The lowest BCUT2D eigenvalue weighted by Gasteiger charge is -2.24. The molecule has 0 fully saturated rings. The zero-order chi connectivity index (χ0) is 24.0. The number of aromatic nitrogens is 2. The van der Waals surface area contributed by atoms with E-state index in [1.54, 1.807) is 30.6 Å². The van der Waals surface area contributed by atoms with Gasteiger partial charge in [-0.2, -0.15) is 0 Å². The summed E-state index contributed by atoms with van der Waals surface area (Å²) in [5.74, 6) is -2.97. The topological polar surface area (TPSA) is 136 Å². The number of aliphatic carboxylic acids is 2. The van der Waals surface area contributed by atoms with Crippen molar-refractivity contribution in [2.45, 2.75) is 32.4 Å². The van der Waals surface area contributed by atoms with Crippen molar-refractivity contribution in [3.8, 4) is 0 Å². The van der Waals surface area contributed by atoms with E-state index in [0.29, 0.717) is 16.7 Å². The Morgan fingerprint density at radius 2 is 1.88 bits per heavy atom. The number of fused-ring (bicyclic) bond motifs is 1. The maximum Gasteiger partial charge on any atom is 0.326 e. The molecule has 3 aromatic rings. The molecule has 0 aliphatic carbocycles. The van der Waals surface area contributed by atoms with Gasteiger partial charge < -0.3 is 25.4 Å². The maximum absolute atomic E-state index is 12.4. The summed E-state index contributed by atoms with van der Waals surface area (Å²) in [6.45, 7) is 3.37. The normalized spacial score (nSPS) is 11.7. The van der Waals surface area contributed by atoms with Crippen LogP contribution in [0.1, 0.15) is 35.7 Å². The number of amides is 1. The monoisotopic (exact) mass is 468 g/mol. The zero-order valence-corrected chi connectivity index (χ0v) is 18.8. The van der Waals surface area contributed by atoms with Gasteiger partial charge >= 0.3 is 11.9 Å². The number of hydrogen-bond donors (Lipinski definition) is 4. The van der Waals surface area contributed by atoms with Gasteiger partial charge in [-0.3, -0.25) is 9.59 Å². The van der Waals surface area contributed by atoms with Crippen LogP contribution in [0.25, 0.3) is 10.9 Å². The number of carboxylic acid groups (broad SMARTS) is 2. The Labute approximate surface area is 195 Å². The van der Waals surface area contributed by atoms with Crippen LogP contribution in [-0.2, 0) is 16.1 Å². The number of benzene rings is 2. The van der Waals surface area contributed by atoms with Gasteiger partial charge in [0, 0.05) is 41.7 Å². The number of nitrogens with one attached hydrogen (secondary N) is 2. The average molecular weight is 469 g/mol. The number of H-pyrrole nitrogens is 1. The highest BCUT2D eigenvalue weighted by molar-refractivity contribution is 7.71. The van der Waals surface area contributed by atoms with Gasteiger partial charge in [-0.1, -0.05) is 18.3 Å². The van der Waals surface area contributed by atoms with E-state index in [-0.39, 0.29) is 12.8 Å². The minimum atomic E-state index is -1.27. The van der Waals surface area contributed by atoms with Crippen molar-refractivity contribution in [3.63, 3.8) is 0 Å². The molecule has 2 aromatic carbocycles. The molecule has 4 N–H and O–H groups in total. The predicted octanol–water partition coefficient (Wildman–Crippen LogP) is 3.37. The smallest absolute Gasteiger partial charge is 0.326 e. The summed E-state index contributed by atoms with van der Waals surface area (Å²) in [6, 6.07) is 11.5. The van der Waals surface area contributed by atoms with E-state index in [1.807, 2.05) is 25.1 Å². The van der Waals surface area contributed by atoms with Crippen LogP contribution in [0.5, 0.6) is 0 Å². The number of nitrogens with zero attached hydrogens (tertiary/aromatic N) is 2. The molecule has 10 heteroatoms. The van der Waals surface area contributed by atoms with Crippen molar-refractivity contribution >= 4 is 46.7 Å². The summed E-state index contributed by atoms with van der Waals surface area (Å²) >= 11 is 5.31. The summed E-state index contributed by atoms with van der Waals surface area (Å²) in [5.41, 5.74) is 3.16. The van der Waals surface area contributed by atoms with Crippen LogP contribution in [-0.4, -0.2) is 50.6 Å². The number of anilines is 1. The molecule has 0 spiro atoms. The van der Waals surface area contributed by atoms with Crippen LogP contribution < -0.4 is 10.2 Å². The molecule has 0 saturated carbocycles. The van der Waals surface area contributed by atoms with Crippen molar-refractivity contribution < 1.29 is 24.6 Å². The van der Waals surface area contributed by atoms with E-state index < -0.39 is 23.9 Å². The Morgan fingerprint density at radius 1 is 1.15 bits per heavy atom. The Bertz CT molecular complexity index is 1230. The van der Waals surface area contributed by atoms with Crippen molar-refractivity contribution in [3.05, 3.63) is 64.6 Å². The number of carboxylic acids is 2. The summed E-state index contributed by atoms with van der Waals surface area (Å²) in [6.07, 6.45) is 1.03. The number of aromatic amines is 1. The van der Waals surface area contributed by atoms with Gasteiger partial charge in [-0.25, -0.2) is 9.78 Å². The van der Waals surface area contributed by atoms with Gasteiger partial charge in [0.1, 0.15) is 10.7 Å². The van der Waals surface area contributed by atoms with Crippen molar-refractivity contribution in [1.82, 2.24) is 15.3 Å². The predicted molar refractivity (Wildman–Crippen MR) is 126 cm³/mol. The SMILES string of the molecule is CCN(Cc1ccc2[nH]cnc(=S)c2c1)c1ccc(C(=O)N[C@@H](CCC(=O)O)C(=O)O)cc1. The standard InChI is InChI=1S/C23H24N4O5S/c1-2-27(12-14-3-8-18-17(11-14)22(33)25-13-24-18)16-6-4-15(5-7-16)21(30)26-19(23(31)32)9-10-20(28)29/h3-8,11,13,19H,2,9-10,12H2,1H3,(H,26,30)(H,28,29)(H,31,32)(H,24,25,33)/t19-/m0/s1. The molecule has 9 nitrogen and oxygen atoms in total. The lowest BCUT2D eigenvalue weighted by molar-refractivity contribution is -0.140. The summed E-state index contributed by atoms with van der Waals surface area (Å²) in [5, 5.41) is 21.2. The van der Waals surface area contributed by atoms with Gasteiger partial charge in [0.15, 0.2) is 0 Å². The number of hydrogen-bond acceptors (Lipinski definition) is 6. The largest absolute Gasteiger partial charge is 0.481 e. The summed E-state index contributed by atoms with van der Waals surface area (Å²) < 4.78 is 0.534.